The van der Waals surface area contributed by atoms with E-state index in [1.807, 2.05) is 0 Å². The van der Waals surface area contributed by atoms with E-state index in [-0.39, 0.29) is 0 Å². The van der Waals surface area contributed by atoms with Crippen molar-refractivity contribution in [3.05, 3.63) is 0 Å². The van der Waals surface area contributed by atoms with Gasteiger partial charge in [-0.05, 0) is 42.4 Å². The van der Waals surface area contributed by atoms with Crippen molar-refractivity contribution < 1.29 is 5.11 Å². The molecule has 1 nitrogen and oxygen atoms in total. The van der Waals surface area contributed by atoms with Crippen molar-refractivity contribution in [2.75, 3.05) is 6.61 Å². The van der Waals surface area contributed by atoms with Gasteiger partial charge in [0.05, 0.1) is 0 Å². The summed E-state index contributed by atoms with van der Waals surface area (Å²) < 4.78 is 0. The van der Waals surface area contributed by atoms with Crippen LogP contribution in [0.5, 0.6) is 0 Å². The SMILES string of the molecule is OCC12CCCC3CCCC(CC1)C32. The molecule has 0 radical (unpaired) electrons. The third kappa shape index (κ3) is 1.11. The molecule has 3 aliphatic carbocycles. The van der Waals surface area contributed by atoms with E-state index in [0.717, 1.165) is 17.8 Å². The van der Waals surface area contributed by atoms with Gasteiger partial charge in [0.2, 0.25) is 0 Å². The summed E-state index contributed by atoms with van der Waals surface area (Å²) in [6.45, 7) is 0.477. The Bertz CT molecular complexity index is 223. The summed E-state index contributed by atoms with van der Waals surface area (Å²) in [7, 11) is 0. The van der Waals surface area contributed by atoms with Gasteiger partial charge >= 0.3 is 0 Å². The molecule has 0 aromatic rings. The Hall–Kier alpha value is -0.0400. The maximum Gasteiger partial charge on any atom is 0.0490 e. The fraction of sp³-hybridized carbons (Fsp3) is 1.00. The second-order valence-corrected chi connectivity index (χ2v) is 5.93. The lowest BCUT2D eigenvalue weighted by atomic mass is 9.58. The Morgan fingerprint density at radius 3 is 2.43 bits per heavy atom. The van der Waals surface area contributed by atoms with Crippen molar-refractivity contribution >= 4 is 0 Å². The van der Waals surface area contributed by atoms with E-state index < -0.39 is 0 Å². The van der Waals surface area contributed by atoms with Crippen LogP contribution in [0.15, 0.2) is 0 Å². The molecule has 1 heteroatoms. The molecule has 14 heavy (non-hydrogen) atoms. The molecule has 80 valence electrons. The number of rotatable bonds is 1. The molecule has 3 rings (SSSR count). The van der Waals surface area contributed by atoms with Gasteiger partial charge in [0.25, 0.3) is 0 Å². The normalized spacial score (nSPS) is 51.6. The van der Waals surface area contributed by atoms with Crippen molar-refractivity contribution in [1.82, 2.24) is 0 Å². The van der Waals surface area contributed by atoms with E-state index in [1.165, 1.54) is 51.4 Å². The summed E-state index contributed by atoms with van der Waals surface area (Å²) in [6.07, 6.45) is 11.3. The van der Waals surface area contributed by atoms with E-state index in [1.54, 1.807) is 0 Å². The van der Waals surface area contributed by atoms with Crippen LogP contribution >= 0.6 is 0 Å². The highest BCUT2D eigenvalue weighted by atomic mass is 16.3. The van der Waals surface area contributed by atoms with Crippen LogP contribution in [-0.4, -0.2) is 11.7 Å². The maximum atomic E-state index is 9.71. The Morgan fingerprint density at radius 2 is 1.64 bits per heavy atom. The van der Waals surface area contributed by atoms with Crippen LogP contribution in [-0.2, 0) is 0 Å². The smallest absolute Gasteiger partial charge is 0.0490 e. The largest absolute Gasteiger partial charge is 0.396 e. The van der Waals surface area contributed by atoms with Crippen LogP contribution in [0.1, 0.15) is 51.4 Å². The summed E-state index contributed by atoms with van der Waals surface area (Å²) >= 11 is 0. The topological polar surface area (TPSA) is 20.2 Å². The fourth-order valence-electron chi connectivity index (χ4n) is 4.95. The molecule has 3 fully saturated rings. The second-order valence-electron chi connectivity index (χ2n) is 5.93. The fourth-order valence-corrected chi connectivity index (χ4v) is 4.95. The lowest BCUT2D eigenvalue weighted by Crippen LogP contribution is -2.42. The molecule has 3 aliphatic rings. The predicted molar refractivity (Wildman–Crippen MR) is 56.9 cm³/mol. The maximum absolute atomic E-state index is 9.71. The van der Waals surface area contributed by atoms with Gasteiger partial charge in [0.1, 0.15) is 0 Å². The molecule has 0 amide bonds. The summed E-state index contributed by atoms with van der Waals surface area (Å²) in [5.74, 6) is 2.88. The molecule has 0 aromatic heterocycles. The predicted octanol–water partition coefficient (Wildman–Crippen LogP) is 2.98. The summed E-state index contributed by atoms with van der Waals surface area (Å²) in [5.41, 5.74) is 0.383. The van der Waals surface area contributed by atoms with Gasteiger partial charge in [0, 0.05) is 6.61 Å². The van der Waals surface area contributed by atoms with E-state index >= 15 is 0 Å². The Balaban J connectivity index is 1.91. The first kappa shape index (κ1) is 9.21. The Kier molecular flexibility index (Phi) is 2.12. The van der Waals surface area contributed by atoms with Crippen LogP contribution in [0.2, 0.25) is 0 Å². The first-order valence-electron chi connectivity index (χ1n) is 6.47. The molecule has 1 N–H and O–H groups in total. The van der Waals surface area contributed by atoms with Crippen LogP contribution in [0.25, 0.3) is 0 Å². The number of hydrogen-bond donors (Lipinski definition) is 1. The molecular formula is C13H22O. The van der Waals surface area contributed by atoms with Gasteiger partial charge in [-0.1, -0.05) is 32.1 Å². The van der Waals surface area contributed by atoms with Crippen LogP contribution in [0.4, 0.5) is 0 Å². The zero-order valence-electron chi connectivity index (χ0n) is 9.04. The minimum atomic E-state index is 0.383. The second kappa shape index (κ2) is 3.23. The summed E-state index contributed by atoms with van der Waals surface area (Å²) in [4.78, 5) is 0. The summed E-state index contributed by atoms with van der Waals surface area (Å²) in [6, 6.07) is 0. The van der Waals surface area contributed by atoms with Gasteiger partial charge in [-0.3, -0.25) is 0 Å². The molecule has 4 atom stereocenters. The van der Waals surface area contributed by atoms with E-state index in [4.69, 9.17) is 0 Å². The van der Waals surface area contributed by atoms with Crippen molar-refractivity contribution in [2.45, 2.75) is 51.4 Å². The van der Waals surface area contributed by atoms with Gasteiger partial charge in [-0.15, -0.1) is 0 Å². The molecule has 0 saturated heterocycles. The Labute approximate surface area is 86.9 Å². The van der Waals surface area contributed by atoms with Crippen LogP contribution in [0, 0.1) is 23.2 Å². The number of aliphatic hydroxyl groups is 1. The Morgan fingerprint density at radius 1 is 0.929 bits per heavy atom. The first-order valence-corrected chi connectivity index (χ1v) is 6.47. The molecule has 4 unspecified atom stereocenters. The van der Waals surface area contributed by atoms with Crippen molar-refractivity contribution in [3.63, 3.8) is 0 Å². The molecule has 0 aliphatic heterocycles. The quantitative estimate of drug-likeness (QED) is 0.680. The van der Waals surface area contributed by atoms with Gasteiger partial charge in [0.15, 0.2) is 0 Å². The van der Waals surface area contributed by atoms with E-state index in [9.17, 15) is 5.11 Å². The van der Waals surface area contributed by atoms with Crippen molar-refractivity contribution in [2.24, 2.45) is 23.2 Å². The molecule has 0 bridgehead atoms. The van der Waals surface area contributed by atoms with E-state index in [2.05, 4.69) is 0 Å². The lowest BCUT2D eigenvalue weighted by molar-refractivity contribution is -0.0216. The third-order valence-electron chi connectivity index (χ3n) is 5.45. The highest BCUT2D eigenvalue weighted by molar-refractivity contribution is 5.03. The number of aliphatic hydroxyl groups excluding tert-OH is 1. The first-order chi connectivity index (χ1) is 6.86. The molecule has 3 saturated carbocycles. The van der Waals surface area contributed by atoms with Crippen LogP contribution in [0.3, 0.4) is 0 Å². The van der Waals surface area contributed by atoms with Crippen LogP contribution < -0.4 is 0 Å². The highest BCUT2D eigenvalue weighted by Gasteiger charge is 2.53. The zero-order chi connectivity index (χ0) is 9.60. The zero-order valence-corrected chi connectivity index (χ0v) is 9.04. The van der Waals surface area contributed by atoms with Gasteiger partial charge < -0.3 is 5.11 Å². The van der Waals surface area contributed by atoms with Crippen molar-refractivity contribution in [3.8, 4) is 0 Å². The average molecular weight is 194 g/mol. The minimum absolute atomic E-state index is 0.383. The van der Waals surface area contributed by atoms with Gasteiger partial charge in [-0.2, -0.15) is 0 Å². The monoisotopic (exact) mass is 194 g/mol. The lowest BCUT2D eigenvalue weighted by Gasteiger charge is -2.47. The molecule has 0 aromatic carbocycles. The molecule has 0 heterocycles. The van der Waals surface area contributed by atoms with Crippen molar-refractivity contribution in [1.29, 1.82) is 0 Å². The standard InChI is InChI=1S/C13H22O/c14-9-13-7-2-5-10-3-1-4-11(6-8-13)12(10)13/h10-12,14H,1-9H2. The molecular weight excluding hydrogens is 172 g/mol. The van der Waals surface area contributed by atoms with E-state index in [0.29, 0.717) is 12.0 Å². The minimum Gasteiger partial charge on any atom is -0.396 e. The molecule has 0 spiro atoms. The average Bonchev–Trinajstić information content (AvgIpc) is 2.62. The third-order valence-corrected chi connectivity index (χ3v) is 5.45. The summed E-state index contributed by atoms with van der Waals surface area (Å²) in [5, 5.41) is 9.71. The highest BCUT2D eigenvalue weighted by Crippen LogP contribution is 2.60. The van der Waals surface area contributed by atoms with Gasteiger partial charge in [-0.25, -0.2) is 0 Å². The number of hydrogen-bond acceptors (Lipinski definition) is 1.